The molecule has 6 nitrogen and oxygen atoms in total. The molecule has 0 saturated carbocycles. The van der Waals surface area contributed by atoms with Crippen LogP contribution in [0.1, 0.15) is 71.6 Å². The van der Waals surface area contributed by atoms with Crippen LogP contribution in [0.5, 0.6) is 11.5 Å². The Morgan fingerprint density at radius 1 is 0.695 bits per heavy atom. The van der Waals surface area contributed by atoms with Crippen LogP contribution in [0.3, 0.4) is 0 Å². The molecule has 0 radical (unpaired) electrons. The van der Waals surface area contributed by atoms with Crippen LogP contribution in [0.15, 0.2) is 134 Å². The number of fused-ring (bicyclic) bond motifs is 5. The molecule has 4 aromatic heterocycles. The second-order valence-corrected chi connectivity index (χ2v) is 17.9. The topological polar surface area (TPSA) is 48.8 Å². The van der Waals surface area contributed by atoms with Crippen molar-refractivity contribution < 1.29 is 30.4 Å². The fourth-order valence-electron chi connectivity index (χ4n) is 9.42. The summed E-state index contributed by atoms with van der Waals surface area (Å²) in [6, 6.07) is 49.5. The summed E-state index contributed by atoms with van der Waals surface area (Å²) in [6.07, 6.45) is 8.48. The van der Waals surface area contributed by atoms with E-state index in [0.29, 0.717) is 17.3 Å². The molecule has 0 saturated heterocycles. The van der Waals surface area contributed by atoms with E-state index in [4.69, 9.17) is 14.7 Å². The van der Waals surface area contributed by atoms with Gasteiger partial charge in [-0.05, 0) is 79.8 Å². The summed E-state index contributed by atoms with van der Waals surface area (Å²) < 4.78 is 13.0. The van der Waals surface area contributed by atoms with Gasteiger partial charge in [-0.1, -0.05) is 145 Å². The Morgan fingerprint density at radius 3 is 2.20 bits per heavy atom. The summed E-state index contributed by atoms with van der Waals surface area (Å²) in [7, 11) is 0. The number of pyridine rings is 2. The Bertz CT molecular complexity index is 3060. The number of ether oxygens (including phenoxy) is 1. The van der Waals surface area contributed by atoms with Gasteiger partial charge < -0.3 is 9.30 Å². The van der Waals surface area contributed by atoms with Crippen molar-refractivity contribution in [2.45, 2.75) is 71.1 Å². The van der Waals surface area contributed by atoms with Crippen molar-refractivity contribution in [2.24, 2.45) is 0 Å². The van der Waals surface area contributed by atoms with Gasteiger partial charge in [0.15, 0.2) is 0 Å². The van der Waals surface area contributed by atoms with Gasteiger partial charge in [-0.3, -0.25) is 14.1 Å². The third kappa shape index (κ3) is 6.49. The third-order valence-corrected chi connectivity index (χ3v) is 11.8. The molecular weight excluding hydrogens is 906 g/mol. The predicted octanol–water partition coefficient (Wildman–Crippen LogP) is 11.9. The van der Waals surface area contributed by atoms with Gasteiger partial charge in [-0.15, -0.1) is 17.5 Å². The molecular formula is C52H45N5OPt-2. The second-order valence-electron chi connectivity index (χ2n) is 17.9. The maximum absolute atomic E-state index is 6.59. The van der Waals surface area contributed by atoms with Gasteiger partial charge >= 0.3 is 0 Å². The molecule has 59 heavy (non-hydrogen) atoms. The first-order valence-corrected chi connectivity index (χ1v) is 20.0. The number of para-hydroxylation sites is 3. The van der Waals surface area contributed by atoms with Gasteiger partial charge in [0.05, 0.1) is 22.5 Å². The molecule has 1 aliphatic carbocycles. The number of hydrogen-bond acceptors (Lipinski definition) is 3. The van der Waals surface area contributed by atoms with E-state index in [1.54, 1.807) is 6.20 Å². The van der Waals surface area contributed by atoms with E-state index in [0.717, 1.165) is 50.8 Å². The van der Waals surface area contributed by atoms with Crippen LogP contribution in [0.2, 0.25) is 0 Å². The zero-order valence-corrected chi connectivity index (χ0v) is 36.6. The van der Waals surface area contributed by atoms with Gasteiger partial charge in [0.1, 0.15) is 5.82 Å². The standard InChI is InChI=1S/C52H45N5O.Pt/c1-50(2,3)35-25-27-54-47(29-35)57-42-18-12-11-17-39(42)40-22-21-36(30-45(40)57)58-37-26-28-53-46(31-37)55-33-56(44-20-14-13-19-43(44)55)49-38(34-15-9-8-10-16-34)23-24-41-48(49)52(6,7)32-51(41,4)5;/h8-29H,32H2,1-7H3;/q-2;. The van der Waals surface area contributed by atoms with Gasteiger partial charge in [0.2, 0.25) is 0 Å². The number of aromatic nitrogens is 5. The quantitative estimate of drug-likeness (QED) is 0.123. The minimum atomic E-state index is -0.0596. The van der Waals surface area contributed by atoms with Crippen LogP contribution in [-0.4, -0.2) is 19.1 Å². The summed E-state index contributed by atoms with van der Waals surface area (Å²) in [4.78, 5) is 9.67. The molecule has 296 valence electrons. The van der Waals surface area contributed by atoms with Crippen molar-refractivity contribution in [1.82, 2.24) is 19.1 Å². The SMILES string of the molecule is CC(C)(C)c1ccnc(-n2c3[c-]c(Oc4[c-]c(-n5[c-][n+](-c6c(-c7ccccc7)ccc7c6C(C)(C)CC7(C)C)c6ccccc65)ncc4)ccc3c3ccccc32)c1.[Pt]. The average Bonchev–Trinajstić information content (AvgIpc) is 3.82. The monoisotopic (exact) mass is 950 g/mol. The Balaban J connectivity index is 0.00000449. The van der Waals surface area contributed by atoms with E-state index >= 15 is 0 Å². The zero-order valence-electron chi connectivity index (χ0n) is 34.4. The van der Waals surface area contributed by atoms with Crippen LogP contribution < -0.4 is 9.30 Å². The third-order valence-electron chi connectivity index (χ3n) is 11.8. The van der Waals surface area contributed by atoms with E-state index in [-0.39, 0.29) is 37.3 Å². The number of nitrogens with zero attached hydrogens (tertiary/aromatic N) is 5. The molecule has 0 unspecified atom stereocenters. The first-order valence-electron chi connectivity index (χ1n) is 20.0. The maximum atomic E-state index is 6.59. The average molecular weight is 951 g/mol. The smallest absolute Gasteiger partial charge is 0.269 e. The number of imidazole rings is 1. The van der Waals surface area contributed by atoms with E-state index in [9.17, 15) is 0 Å². The molecule has 7 heteroatoms. The summed E-state index contributed by atoms with van der Waals surface area (Å²) in [5.74, 6) is 2.53. The molecule has 1 aliphatic rings. The van der Waals surface area contributed by atoms with E-state index < -0.39 is 0 Å². The van der Waals surface area contributed by atoms with Crippen LogP contribution in [0.25, 0.3) is 61.3 Å². The predicted molar refractivity (Wildman–Crippen MR) is 233 cm³/mol. The molecule has 10 rings (SSSR count). The number of benzene rings is 5. The minimum Gasteiger partial charge on any atom is -0.522 e. The number of rotatable bonds is 6. The zero-order chi connectivity index (χ0) is 40.0. The summed E-state index contributed by atoms with van der Waals surface area (Å²) in [5.41, 5.74) is 11.4. The first-order chi connectivity index (χ1) is 27.9. The normalized spacial score (nSPS) is 14.4. The van der Waals surface area contributed by atoms with Crippen molar-refractivity contribution in [1.29, 1.82) is 0 Å². The molecule has 0 bridgehead atoms. The van der Waals surface area contributed by atoms with E-state index in [2.05, 4.69) is 185 Å². The molecule has 9 aromatic rings. The van der Waals surface area contributed by atoms with Gasteiger partial charge in [0.25, 0.3) is 6.33 Å². The molecule has 0 spiro atoms. The van der Waals surface area contributed by atoms with Crippen molar-refractivity contribution >= 4 is 32.8 Å². The van der Waals surface area contributed by atoms with Crippen molar-refractivity contribution in [3.05, 3.63) is 169 Å². The van der Waals surface area contributed by atoms with Gasteiger partial charge in [-0.2, -0.15) is 18.2 Å². The molecule has 5 aromatic carbocycles. The molecule has 0 atom stereocenters. The largest absolute Gasteiger partial charge is 0.522 e. The van der Waals surface area contributed by atoms with Crippen molar-refractivity contribution in [2.75, 3.05) is 0 Å². The molecule has 0 fully saturated rings. The molecule has 4 heterocycles. The summed E-state index contributed by atoms with van der Waals surface area (Å²) in [6.45, 7) is 16.2. The maximum Gasteiger partial charge on any atom is 0.269 e. The van der Waals surface area contributed by atoms with Crippen LogP contribution in [-0.2, 0) is 37.3 Å². The van der Waals surface area contributed by atoms with Crippen molar-refractivity contribution in [3.8, 4) is 39.9 Å². The molecule has 0 amide bonds. The molecule has 0 aliphatic heterocycles. The van der Waals surface area contributed by atoms with Gasteiger partial charge in [0, 0.05) is 38.5 Å². The summed E-state index contributed by atoms with van der Waals surface area (Å²) in [5, 5.41) is 2.22. The fraction of sp³-hybridized carbons (Fsp3) is 0.212. The Kier molecular flexibility index (Phi) is 9.28. The van der Waals surface area contributed by atoms with E-state index in [1.807, 2.05) is 22.9 Å². The Morgan fingerprint density at radius 2 is 1.41 bits per heavy atom. The second kappa shape index (κ2) is 14.2. The fourth-order valence-corrected chi connectivity index (χ4v) is 9.42. The first kappa shape index (κ1) is 38.7. The minimum absolute atomic E-state index is 0. The Hall–Kier alpha value is -5.84. The van der Waals surface area contributed by atoms with Crippen LogP contribution in [0.4, 0.5) is 0 Å². The van der Waals surface area contributed by atoms with E-state index in [1.165, 1.54) is 27.8 Å². The van der Waals surface area contributed by atoms with Crippen LogP contribution in [0, 0.1) is 18.5 Å². The van der Waals surface area contributed by atoms with Gasteiger partial charge in [-0.25, -0.2) is 4.98 Å². The summed E-state index contributed by atoms with van der Waals surface area (Å²) >= 11 is 0. The molecule has 0 N–H and O–H groups in total. The van der Waals surface area contributed by atoms with Crippen molar-refractivity contribution in [3.63, 3.8) is 0 Å². The van der Waals surface area contributed by atoms with Crippen LogP contribution >= 0.6 is 0 Å². The number of hydrogen-bond donors (Lipinski definition) is 0. The Labute approximate surface area is 360 Å².